The van der Waals surface area contributed by atoms with Crippen molar-refractivity contribution in [2.75, 3.05) is 0 Å². The molecule has 3 heteroatoms. The van der Waals surface area contributed by atoms with Gasteiger partial charge in [-0.3, -0.25) is 4.79 Å². The number of benzene rings is 2. The molecule has 0 atom stereocenters. The Morgan fingerprint density at radius 1 is 0.864 bits per heavy atom. The van der Waals surface area contributed by atoms with Crippen molar-refractivity contribution >= 4 is 5.78 Å². The van der Waals surface area contributed by atoms with Crippen molar-refractivity contribution in [2.24, 2.45) is 0 Å². The number of ether oxygens (including phenoxy) is 2. The van der Waals surface area contributed by atoms with Gasteiger partial charge in [0.1, 0.15) is 29.5 Å². The number of hydrogen-bond donors (Lipinski definition) is 0. The van der Waals surface area contributed by atoms with Crippen LogP contribution in [0.4, 0.5) is 0 Å². The van der Waals surface area contributed by atoms with Gasteiger partial charge in [-0.15, -0.1) is 0 Å². The van der Waals surface area contributed by atoms with Gasteiger partial charge in [-0.2, -0.15) is 0 Å². The van der Waals surface area contributed by atoms with Gasteiger partial charge in [-0.25, -0.2) is 0 Å². The van der Waals surface area contributed by atoms with Gasteiger partial charge in [0.2, 0.25) is 0 Å². The van der Waals surface area contributed by atoms with E-state index in [1.165, 1.54) is 0 Å². The van der Waals surface area contributed by atoms with Crippen molar-refractivity contribution in [2.45, 2.75) is 12.8 Å². The monoisotopic (exact) mass is 290 g/mol. The topological polar surface area (TPSA) is 35.5 Å². The third-order valence-electron chi connectivity index (χ3n) is 2.95. The molecule has 0 unspecified atom stereocenters. The fraction of sp³-hybridized carbons (Fsp3) is 0.105. The molecule has 0 aromatic heterocycles. The fourth-order valence-corrected chi connectivity index (χ4v) is 2.09. The maximum Gasteiger partial charge on any atom is 0.141 e. The Bertz CT molecular complexity index is 684. The average Bonchev–Trinajstić information content (AvgIpc) is 2.48. The second-order valence-electron chi connectivity index (χ2n) is 4.63. The summed E-state index contributed by atoms with van der Waals surface area (Å²) in [4.78, 5) is 12.2. The van der Waals surface area contributed by atoms with E-state index in [2.05, 4.69) is 12.2 Å². The van der Waals surface area contributed by atoms with Gasteiger partial charge in [0, 0.05) is 12.8 Å². The molecule has 2 aromatic carbocycles. The number of carbonyl (C=O) groups is 1. The predicted molar refractivity (Wildman–Crippen MR) is 84.2 cm³/mol. The van der Waals surface area contributed by atoms with Crippen molar-refractivity contribution < 1.29 is 14.3 Å². The standard InChI is InChI=1S/C19H14O3/c1-3-21-18-9-5-7-15(13-18)11-17(20)12-16-8-6-10-19(14-16)22-4-2/h1-2,5-10,13-14H,11-12H2. The van der Waals surface area contributed by atoms with E-state index in [1.807, 2.05) is 12.1 Å². The Balaban J connectivity index is 2.01. The molecule has 0 spiro atoms. The van der Waals surface area contributed by atoms with Crippen LogP contribution in [0.1, 0.15) is 11.1 Å². The van der Waals surface area contributed by atoms with E-state index >= 15 is 0 Å². The number of hydrogen-bond acceptors (Lipinski definition) is 3. The van der Waals surface area contributed by atoms with Crippen LogP contribution in [0.3, 0.4) is 0 Å². The summed E-state index contributed by atoms with van der Waals surface area (Å²) in [6.07, 6.45) is 15.0. The second-order valence-corrected chi connectivity index (χ2v) is 4.63. The molecule has 0 bridgehead atoms. The SMILES string of the molecule is C#COc1cccc(CC(=O)Cc2cccc(OC#C)c2)c1. The lowest BCUT2D eigenvalue weighted by atomic mass is 10.0. The van der Waals surface area contributed by atoms with Crippen molar-refractivity contribution in [1.29, 1.82) is 0 Å². The lowest BCUT2D eigenvalue weighted by Crippen LogP contribution is -2.06. The molecule has 2 rings (SSSR count). The zero-order valence-corrected chi connectivity index (χ0v) is 11.9. The van der Waals surface area contributed by atoms with E-state index in [0.717, 1.165) is 11.1 Å². The summed E-state index contributed by atoms with van der Waals surface area (Å²) >= 11 is 0. The molecule has 0 heterocycles. The molecule has 0 saturated carbocycles. The molecule has 22 heavy (non-hydrogen) atoms. The van der Waals surface area contributed by atoms with Crippen LogP contribution in [0.25, 0.3) is 0 Å². The third-order valence-corrected chi connectivity index (χ3v) is 2.95. The largest absolute Gasteiger partial charge is 0.408 e. The first-order valence-corrected chi connectivity index (χ1v) is 6.65. The molecule has 108 valence electrons. The van der Waals surface area contributed by atoms with Crippen LogP contribution in [-0.2, 0) is 17.6 Å². The van der Waals surface area contributed by atoms with Gasteiger partial charge in [-0.05, 0) is 35.4 Å². The highest BCUT2D eigenvalue weighted by molar-refractivity contribution is 5.83. The first-order valence-electron chi connectivity index (χ1n) is 6.65. The van der Waals surface area contributed by atoms with Gasteiger partial charge in [-0.1, -0.05) is 37.1 Å². The highest BCUT2D eigenvalue weighted by Gasteiger charge is 2.07. The van der Waals surface area contributed by atoms with Crippen LogP contribution in [0.5, 0.6) is 11.5 Å². The maximum atomic E-state index is 12.2. The Labute approximate surface area is 129 Å². The Morgan fingerprint density at radius 3 is 1.73 bits per heavy atom. The summed E-state index contributed by atoms with van der Waals surface area (Å²) in [7, 11) is 0. The molecule has 0 radical (unpaired) electrons. The molecule has 0 aliphatic carbocycles. The van der Waals surface area contributed by atoms with Crippen LogP contribution in [0.2, 0.25) is 0 Å². The van der Waals surface area contributed by atoms with Gasteiger partial charge < -0.3 is 9.47 Å². The zero-order chi connectivity index (χ0) is 15.8. The predicted octanol–water partition coefficient (Wildman–Crippen LogP) is 2.98. The average molecular weight is 290 g/mol. The van der Waals surface area contributed by atoms with Gasteiger partial charge in [0.15, 0.2) is 0 Å². The molecule has 0 aliphatic rings. The van der Waals surface area contributed by atoms with Crippen LogP contribution in [-0.4, -0.2) is 5.78 Å². The molecule has 3 nitrogen and oxygen atoms in total. The Hall–Kier alpha value is -3.17. The van der Waals surface area contributed by atoms with E-state index in [1.54, 1.807) is 36.4 Å². The van der Waals surface area contributed by atoms with Crippen molar-refractivity contribution in [3.63, 3.8) is 0 Å². The fourth-order valence-electron chi connectivity index (χ4n) is 2.09. The summed E-state index contributed by atoms with van der Waals surface area (Å²) in [5.74, 6) is 1.19. The molecule has 0 N–H and O–H groups in total. The zero-order valence-electron chi connectivity index (χ0n) is 11.9. The highest BCUT2D eigenvalue weighted by atomic mass is 16.5. The lowest BCUT2D eigenvalue weighted by molar-refractivity contribution is -0.117. The van der Waals surface area contributed by atoms with E-state index in [-0.39, 0.29) is 5.78 Å². The van der Waals surface area contributed by atoms with Gasteiger partial charge in [0.05, 0.1) is 0 Å². The van der Waals surface area contributed by atoms with E-state index < -0.39 is 0 Å². The van der Waals surface area contributed by atoms with Crippen LogP contribution in [0.15, 0.2) is 48.5 Å². The van der Waals surface area contributed by atoms with Gasteiger partial charge in [0.25, 0.3) is 0 Å². The Morgan fingerprint density at radius 2 is 1.32 bits per heavy atom. The summed E-state index contributed by atoms with van der Waals surface area (Å²) in [5.41, 5.74) is 1.71. The number of terminal acetylenes is 2. The normalized spacial score (nSPS) is 9.36. The maximum absolute atomic E-state index is 12.2. The summed E-state index contributed by atoms with van der Waals surface area (Å²) in [5, 5.41) is 0. The number of Topliss-reactive ketones (excluding diaryl/α,β-unsaturated/α-hetero) is 1. The van der Waals surface area contributed by atoms with E-state index in [9.17, 15) is 4.79 Å². The van der Waals surface area contributed by atoms with E-state index in [4.69, 9.17) is 22.3 Å². The molecule has 2 aromatic rings. The molecular weight excluding hydrogens is 276 g/mol. The molecule has 0 aliphatic heterocycles. The van der Waals surface area contributed by atoms with Crippen LogP contribution >= 0.6 is 0 Å². The molecule has 0 saturated heterocycles. The van der Waals surface area contributed by atoms with Crippen molar-refractivity contribution in [1.82, 2.24) is 0 Å². The number of carbonyl (C=O) groups excluding carboxylic acids is 1. The molecule has 0 fully saturated rings. The minimum absolute atomic E-state index is 0.0794. The first-order chi connectivity index (χ1) is 10.7. The van der Waals surface area contributed by atoms with Crippen molar-refractivity contribution in [3.8, 4) is 36.6 Å². The Kier molecular flexibility index (Phi) is 5.24. The minimum Gasteiger partial charge on any atom is -0.408 e. The van der Waals surface area contributed by atoms with Crippen LogP contribution in [0, 0.1) is 25.1 Å². The van der Waals surface area contributed by atoms with Crippen LogP contribution < -0.4 is 9.47 Å². The second kappa shape index (κ2) is 7.57. The highest BCUT2D eigenvalue weighted by Crippen LogP contribution is 2.16. The third kappa shape index (κ3) is 4.44. The molecule has 0 amide bonds. The number of ketones is 1. The van der Waals surface area contributed by atoms with E-state index in [0.29, 0.717) is 24.3 Å². The summed E-state index contributed by atoms with van der Waals surface area (Å²) < 4.78 is 9.94. The summed E-state index contributed by atoms with van der Waals surface area (Å²) in [6.45, 7) is 0. The minimum atomic E-state index is 0.0794. The first kappa shape index (κ1) is 15.2. The number of rotatable bonds is 6. The summed E-state index contributed by atoms with van der Waals surface area (Å²) in [6, 6.07) is 14.3. The van der Waals surface area contributed by atoms with Crippen molar-refractivity contribution in [3.05, 3.63) is 59.7 Å². The smallest absolute Gasteiger partial charge is 0.141 e. The molecular formula is C19H14O3. The lowest BCUT2D eigenvalue weighted by Gasteiger charge is -2.05. The quantitative estimate of drug-likeness (QED) is 0.767. The van der Waals surface area contributed by atoms with Gasteiger partial charge >= 0.3 is 0 Å².